The maximum absolute atomic E-state index is 10.5. The van der Waals surface area contributed by atoms with Gasteiger partial charge in [0, 0.05) is 12.4 Å². The van der Waals surface area contributed by atoms with E-state index in [0.717, 1.165) is 25.0 Å². The van der Waals surface area contributed by atoms with Crippen LogP contribution < -0.4 is 0 Å². The number of aromatic nitrogens is 2. The Morgan fingerprint density at radius 3 is 2.93 bits per heavy atom. The van der Waals surface area contributed by atoms with Gasteiger partial charge in [-0.3, -0.25) is 9.97 Å². The zero-order valence-electron chi connectivity index (χ0n) is 8.48. The summed E-state index contributed by atoms with van der Waals surface area (Å²) in [5, 5.41) is 10.5. The van der Waals surface area contributed by atoms with Gasteiger partial charge in [-0.15, -0.1) is 0 Å². The number of nitrogens with zero attached hydrogens (tertiary/aromatic N) is 2. The van der Waals surface area contributed by atoms with Crippen LogP contribution in [0.5, 0.6) is 0 Å². The summed E-state index contributed by atoms with van der Waals surface area (Å²) >= 11 is 0. The average Bonchev–Trinajstić information content (AvgIpc) is 2.24. The van der Waals surface area contributed by atoms with E-state index in [0.29, 0.717) is 0 Å². The van der Waals surface area contributed by atoms with E-state index in [1.807, 2.05) is 0 Å². The van der Waals surface area contributed by atoms with Crippen molar-refractivity contribution < 1.29 is 5.11 Å². The molecule has 3 nitrogen and oxygen atoms in total. The van der Waals surface area contributed by atoms with Crippen LogP contribution in [0, 0.1) is 5.92 Å². The van der Waals surface area contributed by atoms with E-state index >= 15 is 0 Å². The van der Waals surface area contributed by atoms with Crippen LogP contribution in [0.1, 0.15) is 38.3 Å². The molecule has 1 saturated carbocycles. The molecule has 3 heteroatoms. The van der Waals surface area contributed by atoms with Crippen LogP contribution in [-0.4, -0.2) is 15.1 Å². The predicted octanol–water partition coefficient (Wildman–Crippen LogP) is 1.87. The number of aliphatic hydroxyl groups is 1. The molecular formula is C11H16N2O. The van der Waals surface area contributed by atoms with Gasteiger partial charge in [0.05, 0.1) is 11.9 Å². The lowest BCUT2D eigenvalue weighted by atomic mass is 9.74. The van der Waals surface area contributed by atoms with Crippen LogP contribution in [-0.2, 0) is 5.60 Å². The third-order valence-corrected chi connectivity index (χ3v) is 3.27. The average molecular weight is 192 g/mol. The molecule has 2 unspecified atom stereocenters. The molecule has 0 bridgehead atoms. The van der Waals surface area contributed by atoms with Crippen LogP contribution in [0.2, 0.25) is 0 Å². The Labute approximate surface area is 84.2 Å². The summed E-state index contributed by atoms with van der Waals surface area (Å²) in [5.74, 6) is 0.285. The third kappa shape index (κ3) is 1.52. The van der Waals surface area contributed by atoms with E-state index in [1.54, 1.807) is 18.6 Å². The second-order valence-electron chi connectivity index (χ2n) is 4.16. The summed E-state index contributed by atoms with van der Waals surface area (Å²) < 4.78 is 0. The Morgan fingerprint density at radius 2 is 2.29 bits per heavy atom. The van der Waals surface area contributed by atoms with Gasteiger partial charge in [-0.1, -0.05) is 19.8 Å². The van der Waals surface area contributed by atoms with Gasteiger partial charge in [0.1, 0.15) is 5.60 Å². The Bertz CT molecular complexity index is 301. The van der Waals surface area contributed by atoms with Gasteiger partial charge in [-0.2, -0.15) is 0 Å². The van der Waals surface area contributed by atoms with E-state index in [2.05, 4.69) is 16.9 Å². The van der Waals surface area contributed by atoms with Crippen molar-refractivity contribution in [2.24, 2.45) is 5.92 Å². The molecule has 1 aromatic rings. The van der Waals surface area contributed by atoms with Gasteiger partial charge in [0.2, 0.25) is 0 Å². The van der Waals surface area contributed by atoms with Crippen molar-refractivity contribution in [1.29, 1.82) is 0 Å². The van der Waals surface area contributed by atoms with E-state index in [-0.39, 0.29) is 5.92 Å². The van der Waals surface area contributed by atoms with E-state index in [4.69, 9.17) is 0 Å². The zero-order valence-corrected chi connectivity index (χ0v) is 8.48. The van der Waals surface area contributed by atoms with Gasteiger partial charge < -0.3 is 5.11 Å². The summed E-state index contributed by atoms with van der Waals surface area (Å²) in [6.07, 6.45) is 9.15. The quantitative estimate of drug-likeness (QED) is 0.739. The van der Waals surface area contributed by atoms with E-state index < -0.39 is 5.60 Å². The highest BCUT2D eigenvalue weighted by Gasteiger charge is 2.38. The second-order valence-corrected chi connectivity index (χ2v) is 4.16. The summed E-state index contributed by atoms with van der Waals surface area (Å²) in [4.78, 5) is 8.23. The lowest BCUT2D eigenvalue weighted by Gasteiger charge is -2.37. The normalized spacial score (nSPS) is 32.9. The van der Waals surface area contributed by atoms with Gasteiger partial charge >= 0.3 is 0 Å². The first kappa shape index (κ1) is 9.59. The third-order valence-electron chi connectivity index (χ3n) is 3.27. The van der Waals surface area contributed by atoms with Gasteiger partial charge in [0.25, 0.3) is 0 Å². The smallest absolute Gasteiger partial charge is 0.111 e. The minimum atomic E-state index is -0.744. The van der Waals surface area contributed by atoms with Crippen molar-refractivity contribution >= 4 is 0 Å². The molecule has 0 amide bonds. The maximum Gasteiger partial charge on any atom is 0.111 e. The highest BCUT2D eigenvalue weighted by atomic mass is 16.3. The Balaban J connectivity index is 2.30. The molecule has 0 saturated heterocycles. The summed E-state index contributed by atoms with van der Waals surface area (Å²) in [7, 11) is 0. The van der Waals surface area contributed by atoms with Crippen LogP contribution in [0.4, 0.5) is 0 Å². The largest absolute Gasteiger partial charge is 0.383 e. The molecule has 1 N–H and O–H groups in total. The SMILES string of the molecule is CC1CCCCC1(O)c1cnccn1. The van der Waals surface area contributed by atoms with Crippen molar-refractivity contribution in [3.8, 4) is 0 Å². The second kappa shape index (κ2) is 3.65. The topological polar surface area (TPSA) is 46.0 Å². The maximum atomic E-state index is 10.5. The lowest BCUT2D eigenvalue weighted by Crippen LogP contribution is -2.37. The molecule has 0 aromatic carbocycles. The summed E-state index contributed by atoms with van der Waals surface area (Å²) in [6.45, 7) is 2.09. The fraction of sp³-hybridized carbons (Fsp3) is 0.636. The fourth-order valence-corrected chi connectivity index (χ4v) is 2.23. The first-order valence-electron chi connectivity index (χ1n) is 5.22. The first-order chi connectivity index (χ1) is 6.73. The zero-order chi connectivity index (χ0) is 10.0. The number of rotatable bonds is 1. The van der Waals surface area contributed by atoms with Crippen LogP contribution in [0.15, 0.2) is 18.6 Å². The molecule has 2 atom stereocenters. The molecule has 0 aliphatic heterocycles. The standard InChI is InChI=1S/C11H16N2O/c1-9-4-2-3-5-11(9,14)10-8-12-6-7-13-10/h6-9,14H,2-5H2,1H3. The van der Waals surface area contributed by atoms with Crippen LogP contribution >= 0.6 is 0 Å². The van der Waals surface area contributed by atoms with Crippen molar-refractivity contribution in [3.05, 3.63) is 24.3 Å². The Kier molecular flexibility index (Phi) is 2.50. The minimum Gasteiger partial charge on any atom is -0.383 e. The molecule has 1 aromatic heterocycles. The molecule has 1 heterocycles. The first-order valence-corrected chi connectivity index (χ1v) is 5.22. The highest BCUT2D eigenvalue weighted by molar-refractivity contribution is 5.10. The van der Waals surface area contributed by atoms with Gasteiger partial charge in [-0.25, -0.2) is 0 Å². The summed E-state index contributed by atoms with van der Waals surface area (Å²) in [5.41, 5.74) is -0.0147. The number of hydrogen-bond donors (Lipinski definition) is 1. The molecule has 0 radical (unpaired) electrons. The minimum absolute atomic E-state index is 0.285. The van der Waals surface area contributed by atoms with Crippen LogP contribution in [0.3, 0.4) is 0 Å². The van der Waals surface area contributed by atoms with Crippen LogP contribution in [0.25, 0.3) is 0 Å². The van der Waals surface area contributed by atoms with Gasteiger partial charge in [0.15, 0.2) is 0 Å². The molecule has 76 valence electrons. The van der Waals surface area contributed by atoms with Gasteiger partial charge in [-0.05, 0) is 18.8 Å². The highest BCUT2D eigenvalue weighted by Crippen LogP contribution is 2.40. The lowest BCUT2D eigenvalue weighted by molar-refractivity contribution is -0.0508. The predicted molar refractivity (Wildman–Crippen MR) is 53.6 cm³/mol. The molecule has 2 rings (SSSR count). The molecule has 14 heavy (non-hydrogen) atoms. The molecule has 0 spiro atoms. The van der Waals surface area contributed by atoms with Crippen molar-refractivity contribution in [2.45, 2.75) is 38.2 Å². The molecule has 1 aliphatic rings. The fourth-order valence-electron chi connectivity index (χ4n) is 2.23. The molecule has 1 fully saturated rings. The van der Waals surface area contributed by atoms with E-state index in [1.165, 1.54) is 6.42 Å². The number of hydrogen-bond acceptors (Lipinski definition) is 3. The molecular weight excluding hydrogens is 176 g/mol. The van der Waals surface area contributed by atoms with Crippen molar-refractivity contribution in [2.75, 3.05) is 0 Å². The van der Waals surface area contributed by atoms with Crippen molar-refractivity contribution in [1.82, 2.24) is 9.97 Å². The van der Waals surface area contributed by atoms with Crippen molar-refractivity contribution in [3.63, 3.8) is 0 Å². The summed E-state index contributed by atoms with van der Waals surface area (Å²) in [6, 6.07) is 0. The Hall–Kier alpha value is -0.960. The monoisotopic (exact) mass is 192 g/mol. The molecule has 1 aliphatic carbocycles. The van der Waals surface area contributed by atoms with E-state index in [9.17, 15) is 5.11 Å². The Morgan fingerprint density at radius 1 is 1.43 bits per heavy atom.